The molecule has 36 heavy (non-hydrogen) atoms. The van der Waals surface area contributed by atoms with Gasteiger partial charge in [0.15, 0.2) is 11.5 Å². The summed E-state index contributed by atoms with van der Waals surface area (Å²) in [5, 5.41) is 2.93. The number of carbonyl (C=O) groups excluding carboxylic acids is 2. The predicted octanol–water partition coefficient (Wildman–Crippen LogP) is 5.14. The summed E-state index contributed by atoms with van der Waals surface area (Å²) in [5.74, 6) is 1.61. The van der Waals surface area contributed by atoms with E-state index in [2.05, 4.69) is 5.32 Å². The van der Waals surface area contributed by atoms with Crippen LogP contribution in [0.4, 0.5) is 5.69 Å². The molecule has 1 aliphatic rings. The molecule has 0 aromatic heterocycles. The molecule has 3 aromatic rings. The fourth-order valence-electron chi connectivity index (χ4n) is 3.86. The van der Waals surface area contributed by atoms with Crippen LogP contribution in [0.3, 0.4) is 0 Å². The number of thioether (sulfide) groups is 1. The van der Waals surface area contributed by atoms with Crippen LogP contribution in [0.2, 0.25) is 0 Å². The monoisotopic (exact) mass is 504 g/mol. The lowest BCUT2D eigenvalue weighted by atomic mass is 10.1. The normalized spacial score (nSPS) is 13.8. The van der Waals surface area contributed by atoms with E-state index in [4.69, 9.17) is 14.2 Å². The Labute approximate surface area is 215 Å². The van der Waals surface area contributed by atoms with Crippen LogP contribution in [0.5, 0.6) is 17.2 Å². The Kier molecular flexibility index (Phi) is 7.85. The lowest BCUT2D eigenvalue weighted by Gasteiger charge is -2.27. The first-order chi connectivity index (χ1) is 17.4. The Morgan fingerprint density at radius 1 is 1.00 bits per heavy atom. The second kappa shape index (κ2) is 11.2. The van der Waals surface area contributed by atoms with E-state index in [0.717, 1.165) is 21.8 Å². The highest BCUT2D eigenvalue weighted by molar-refractivity contribution is 8.04. The second-order valence-corrected chi connectivity index (χ2v) is 9.08. The molecule has 1 aliphatic heterocycles. The average molecular weight is 505 g/mol. The topological polar surface area (TPSA) is 77.1 Å². The van der Waals surface area contributed by atoms with Gasteiger partial charge in [0.2, 0.25) is 0 Å². The number of anilines is 1. The zero-order chi connectivity index (χ0) is 25.7. The summed E-state index contributed by atoms with van der Waals surface area (Å²) in [6.45, 7) is 2.78. The Morgan fingerprint density at radius 3 is 2.53 bits per heavy atom. The molecule has 0 radical (unpaired) electrons. The van der Waals surface area contributed by atoms with E-state index >= 15 is 0 Å². The van der Waals surface area contributed by atoms with Gasteiger partial charge in [-0.3, -0.25) is 9.59 Å². The van der Waals surface area contributed by atoms with Gasteiger partial charge in [-0.2, -0.15) is 0 Å². The minimum Gasteiger partial charge on any atom is -0.496 e. The number of likely N-dealkylation sites (N-methyl/N-ethyl adjacent to an activating group) is 1. The maximum Gasteiger partial charge on any atom is 0.264 e. The van der Waals surface area contributed by atoms with Gasteiger partial charge in [0, 0.05) is 29.6 Å². The number of nitrogens with zero attached hydrogens (tertiary/aromatic N) is 1. The number of nitrogens with one attached hydrogen (secondary N) is 1. The Balaban J connectivity index is 1.53. The van der Waals surface area contributed by atoms with Crippen molar-refractivity contribution < 1.29 is 23.8 Å². The summed E-state index contributed by atoms with van der Waals surface area (Å²) in [4.78, 5) is 29.0. The van der Waals surface area contributed by atoms with Gasteiger partial charge < -0.3 is 24.4 Å². The number of hydrogen-bond acceptors (Lipinski definition) is 6. The molecule has 0 saturated heterocycles. The minimum atomic E-state index is -0.225. The van der Waals surface area contributed by atoms with E-state index in [-0.39, 0.29) is 11.8 Å². The molecule has 7 nitrogen and oxygen atoms in total. The summed E-state index contributed by atoms with van der Waals surface area (Å²) in [7, 11) is 4.90. The molecule has 2 amide bonds. The molecule has 0 unspecified atom stereocenters. The maximum atomic E-state index is 13.1. The summed E-state index contributed by atoms with van der Waals surface area (Å²) in [5.41, 5.74) is 2.88. The fraction of sp³-hybridized carbons (Fsp3) is 0.214. The van der Waals surface area contributed by atoms with Crippen LogP contribution in [0.25, 0.3) is 6.08 Å². The quantitative estimate of drug-likeness (QED) is 0.428. The second-order valence-electron chi connectivity index (χ2n) is 8.00. The van der Waals surface area contributed by atoms with Gasteiger partial charge in [-0.05, 0) is 55.0 Å². The zero-order valence-corrected chi connectivity index (χ0v) is 21.5. The number of amides is 2. The van der Waals surface area contributed by atoms with E-state index in [1.165, 1.54) is 11.8 Å². The number of fused-ring (bicyclic) bond motifs is 1. The van der Waals surface area contributed by atoms with Crippen LogP contribution in [0.1, 0.15) is 28.4 Å². The molecule has 1 N–H and O–H groups in total. The molecule has 3 aromatic carbocycles. The first-order valence-corrected chi connectivity index (χ1v) is 12.3. The van der Waals surface area contributed by atoms with E-state index in [1.54, 1.807) is 38.3 Å². The molecule has 1 heterocycles. The highest BCUT2D eigenvalue weighted by Gasteiger charge is 2.27. The number of carbonyl (C=O) groups is 2. The molecule has 0 spiro atoms. The molecule has 0 atom stereocenters. The standard InChI is InChI=1S/C28H28N2O5S/c1-5-35-23-12-10-18(14-24(23)34-4)15-26-28(32)30(2)21-16-19(11-13-25(21)36-26)27(31)29-17-20-8-6-7-9-22(20)33-3/h6-16H,5,17H2,1-4H3,(H,29,31)/b26-15+. The summed E-state index contributed by atoms with van der Waals surface area (Å²) < 4.78 is 16.4. The van der Waals surface area contributed by atoms with Gasteiger partial charge in [-0.15, -0.1) is 0 Å². The van der Waals surface area contributed by atoms with Crippen LogP contribution in [-0.2, 0) is 11.3 Å². The van der Waals surface area contributed by atoms with Crippen LogP contribution >= 0.6 is 11.8 Å². The van der Waals surface area contributed by atoms with Gasteiger partial charge in [0.05, 0.1) is 31.4 Å². The smallest absolute Gasteiger partial charge is 0.264 e. The molecule has 0 fully saturated rings. The largest absolute Gasteiger partial charge is 0.496 e. The molecule has 0 bridgehead atoms. The van der Waals surface area contributed by atoms with Crippen molar-refractivity contribution in [3.8, 4) is 17.2 Å². The summed E-state index contributed by atoms with van der Waals surface area (Å²) >= 11 is 1.38. The van der Waals surface area contributed by atoms with Crippen LogP contribution in [-0.4, -0.2) is 39.7 Å². The van der Waals surface area contributed by atoms with Crippen LogP contribution < -0.4 is 24.4 Å². The number of benzene rings is 3. The van der Waals surface area contributed by atoms with Gasteiger partial charge in [-0.25, -0.2) is 0 Å². The van der Waals surface area contributed by atoms with E-state index in [1.807, 2.05) is 61.5 Å². The highest BCUT2D eigenvalue weighted by Crippen LogP contribution is 2.42. The van der Waals surface area contributed by atoms with Crippen molar-refractivity contribution in [2.75, 3.05) is 32.8 Å². The van der Waals surface area contributed by atoms with Gasteiger partial charge in [-0.1, -0.05) is 36.0 Å². The summed E-state index contributed by atoms with van der Waals surface area (Å²) in [6.07, 6.45) is 1.83. The Morgan fingerprint density at radius 2 is 1.78 bits per heavy atom. The minimum absolute atomic E-state index is 0.146. The Bertz CT molecular complexity index is 1320. The molecule has 8 heteroatoms. The SMILES string of the molecule is CCOc1ccc(/C=C2/Sc3ccc(C(=O)NCc4ccccc4OC)cc3N(C)C2=O)cc1OC. The molecular weight excluding hydrogens is 476 g/mol. The first-order valence-electron chi connectivity index (χ1n) is 11.5. The lowest BCUT2D eigenvalue weighted by Crippen LogP contribution is -2.31. The molecule has 186 valence electrons. The van der Waals surface area contributed by atoms with Crippen molar-refractivity contribution >= 4 is 35.3 Å². The van der Waals surface area contributed by atoms with Crippen LogP contribution in [0.15, 0.2) is 70.5 Å². The molecular formula is C28H28N2O5S. The van der Waals surface area contributed by atoms with Crippen molar-refractivity contribution in [2.45, 2.75) is 18.4 Å². The van der Waals surface area contributed by atoms with E-state index < -0.39 is 0 Å². The van der Waals surface area contributed by atoms with Crippen molar-refractivity contribution in [3.63, 3.8) is 0 Å². The number of methoxy groups -OCH3 is 2. The van der Waals surface area contributed by atoms with E-state index in [0.29, 0.717) is 40.8 Å². The zero-order valence-electron chi connectivity index (χ0n) is 20.7. The third-order valence-corrected chi connectivity index (χ3v) is 6.81. The highest BCUT2D eigenvalue weighted by atomic mass is 32.2. The molecule has 0 aliphatic carbocycles. The number of hydrogen-bond donors (Lipinski definition) is 1. The van der Waals surface area contributed by atoms with Crippen molar-refractivity contribution in [3.05, 3.63) is 82.3 Å². The first kappa shape index (κ1) is 25.2. The Hall–Kier alpha value is -3.91. The van der Waals surface area contributed by atoms with Crippen molar-refractivity contribution in [1.29, 1.82) is 0 Å². The predicted molar refractivity (Wildman–Crippen MR) is 142 cm³/mol. The summed E-state index contributed by atoms with van der Waals surface area (Å²) in [6, 6.07) is 18.5. The molecule has 0 saturated carbocycles. The van der Waals surface area contributed by atoms with Gasteiger partial charge >= 0.3 is 0 Å². The maximum absolute atomic E-state index is 13.1. The fourth-order valence-corrected chi connectivity index (χ4v) is 4.95. The number of ether oxygens (including phenoxy) is 3. The van der Waals surface area contributed by atoms with Crippen molar-refractivity contribution in [2.24, 2.45) is 0 Å². The third-order valence-electron chi connectivity index (χ3n) is 5.74. The third kappa shape index (κ3) is 5.33. The lowest BCUT2D eigenvalue weighted by molar-refractivity contribution is -0.114. The average Bonchev–Trinajstić information content (AvgIpc) is 2.91. The number of para-hydroxylation sites is 1. The number of rotatable bonds is 8. The van der Waals surface area contributed by atoms with Crippen LogP contribution in [0, 0.1) is 0 Å². The van der Waals surface area contributed by atoms with Gasteiger partial charge in [0.1, 0.15) is 5.75 Å². The van der Waals surface area contributed by atoms with E-state index in [9.17, 15) is 9.59 Å². The van der Waals surface area contributed by atoms with Gasteiger partial charge in [0.25, 0.3) is 11.8 Å². The molecule has 4 rings (SSSR count). The van der Waals surface area contributed by atoms with Crippen molar-refractivity contribution in [1.82, 2.24) is 5.32 Å².